The van der Waals surface area contributed by atoms with E-state index in [0.29, 0.717) is 13.0 Å². The van der Waals surface area contributed by atoms with Crippen LogP contribution in [0.15, 0.2) is 12.2 Å². The van der Waals surface area contributed by atoms with Gasteiger partial charge in [-0.1, -0.05) is 12.2 Å². The summed E-state index contributed by atoms with van der Waals surface area (Å²) in [6.07, 6.45) is 4.04. The summed E-state index contributed by atoms with van der Waals surface area (Å²) in [5.41, 5.74) is 0. The van der Waals surface area contributed by atoms with Gasteiger partial charge in [-0.15, -0.1) is 0 Å². The first kappa shape index (κ1) is 11.2. The second-order valence-electron chi connectivity index (χ2n) is 2.49. The van der Waals surface area contributed by atoms with Crippen LogP contribution in [0.4, 0.5) is 0 Å². The zero-order chi connectivity index (χ0) is 9.40. The molecule has 3 heteroatoms. The minimum atomic E-state index is -0.233. The summed E-state index contributed by atoms with van der Waals surface area (Å²) in [7, 11) is 1.38. The monoisotopic (exact) mass is 172 g/mol. The zero-order valence-electron chi connectivity index (χ0n) is 7.87. The molecule has 0 heterocycles. The van der Waals surface area contributed by atoms with Crippen LogP contribution in [0.25, 0.3) is 0 Å². The number of ether oxygens (including phenoxy) is 2. The molecule has 0 aliphatic rings. The lowest BCUT2D eigenvalue weighted by Gasteiger charge is -2.09. The third-order valence-electron chi connectivity index (χ3n) is 1.39. The van der Waals surface area contributed by atoms with E-state index in [1.807, 2.05) is 26.0 Å². The summed E-state index contributed by atoms with van der Waals surface area (Å²) in [6.45, 7) is 4.32. The van der Waals surface area contributed by atoms with Crippen molar-refractivity contribution in [2.45, 2.75) is 26.4 Å². The van der Waals surface area contributed by atoms with Crippen LogP contribution >= 0.6 is 0 Å². The molecular weight excluding hydrogens is 156 g/mol. The first-order valence-corrected chi connectivity index (χ1v) is 4.00. The molecule has 1 unspecified atom stereocenters. The first-order valence-electron chi connectivity index (χ1n) is 4.00. The molecule has 0 aromatic carbocycles. The van der Waals surface area contributed by atoms with Crippen LogP contribution in [0.3, 0.4) is 0 Å². The largest absolute Gasteiger partial charge is 0.469 e. The Kier molecular flexibility index (Phi) is 6.38. The van der Waals surface area contributed by atoms with Crippen LogP contribution in [0.5, 0.6) is 0 Å². The maximum atomic E-state index is 10.7. The number of allylic oxidation sites excluding steroid dienone is 1. The van der Waals surface area contributed by atoms with E-state index in [-0.39, 0.29) is 12.1 Å². The van der Waals surface area contributed by atoms with Gasteiger partial charge < -0.3 is 9.47 Å². The fraction of sp³-hybridized carbons (Fsp3) is 0.667. The van der Waals surface area contributed by atoms with E-state index in [2.05, 4.69) is 4.74 Å². The lowest BCUT2D eigenvalue weighted by atomic mass is 10.3. The van der Waals surface area contributed by atoms with Gasteiger partial charge >= 0.3 is 5.97 Å². The normalized spacial score (nSPS) is 13.2. The third-order valence-corrected chi connectivity index (χ3v) is 1.39. The molecule has 0 rings (SSSR count). The van der Waals surface area contributed by atoms with Crippen molar-refractivity contribution in [1.82, 2.24) is 0 Å². The van der Waals surface area contributed by atoms with Gasteiger partial charge in [0.1, 0.15) is 0 Å². The Morgan fingerprint density at radius 3 is 2.75 bits per heavy atom. The van der Waals surface area contributed by atoms with Gasteiger partial charge in [0.2, 0.25) is 0 Å². The number of hydrogen-bond acceptors (Lipinski definition) is 3. The molecule has 0 N–H and O–H groups in total. The van der Waals surface area contributed by atoms with Gasteiger partial charge in [-0.2, -0.15) is 0 Å². The van der Waals surface area contributed by atoms with Crippen LogP contribution < -0.4 is 0 Å². The highest BCUT2D eigenvalue weighted by Gasteiger charge is 2.07. The molecule has 70 valence electrons. The summed E-state index contributed by atoms with van der Waals surface area (Å²) in [5, 5.41) is 0. The summed E-state index contributed by atoms with van der Waals surface area (Å²) in [4.78, 5) is 10.7. The van der Waals surface area contributed by atoms with E-state index in [4.69, 9.17) is 4.74 Å². The Hall–Kier alpha value is -0.830. The average Bonchev–Trinajstić information content (AvgIpc) is 2.05. The highest BCUT2D eigenvalue weighted by molar-refractivity contribution is 5.69. The molecule has 0 bridgehead atoms. The maximum Gasteiger partial charge on any atom is 0.308 e. The van der Waals surface area contributed by atoms with E-state index >= 15 is 0 Å². The van der Waals surface area contributed by atoms with E-state index in [1.165, 1.54) is 7.11 Å². The van der Waals surface area contributed by atoms with Crippen molar-refractivity contribution in [3.63, 3.8) is 0 Å². The molecule has 0 aliphatic carbocycles. The highest BCUT2D eigenvalue weighted by atomic mass is 16.5. The molecule has 0 saturated carbocycles. The molecule has 12 heavy (non-hydrogen) atoms. The van der Waals surface area contributed by atoms with Crippen molar-refractivity contribution >= 4 is 5.97 Å². The van der Waals surface area contributed by atoms with Gasteiger partial charge in [-0.3, -0.25) is 4.79 Å². The van der Waals surface area contributed by atoms with Crippen molar-refractivity contribution in [3.05, 3.63) is 12.2 Å². The van der Waals surface area contributed by atoms with Gasteiger partial charge in [-0.05, 0) is 13.8 Å². The van der Waals surface area contributed by atoms with Crippen LogP contribution in [-0.2, 0) is 14.3 Å². The molecule has 0 aromatic rings. The number of rotatable bonds is 5. The first-order chi connectivity index (χ1) is 5.70. The Morgan fingerprint density at radius 2 is 2.25 bits per heavy atom. The van der Waals surface area contributed by atoms with E-state index < -0.39 is 0 Å². The highest BCUT2D eigenvalue weighted by Crippen LogP contribution is 1.98. The second-order valence-corrected chi connectivity index (χ2v) is 2.49. The smallest absolute Gasteiger partial charge is 0.308 e. The molecule has 0 amide bonds. The van der Waals surface area contributed by atoms with Gasteiger partial charge in [0.25, 0.3) is 0 Å². The van der Waals surface area contributed by atoms with Gasteiger partial charge in [0.05, 0.1) is 26.2 Å². The lowest BCUT2D eigenvalue weighted by Crippen LogP contribution is -2.15. The maximum absolute atomic E-state index is 10.7. The van der Waals surface area contributed by atoms with Crippen LogP contribution in [0.2, 0.25) is 0 Å². The van der Waals surface area contributed by atoms with Gasteiger partial charge in [0, 0.05) is 0 Å². The van der Waals surface area contributed by atoms with Crippen LogP contribution in [-0.4, -0.2) is 25.8 Å². The number of esters is 1. The SMILES string of the molecule is CC=CCOC(C)CC(=O)OC. The number of carbonyl (C=O) groups is 1. The van der Waals surface area contributed by atoms with Gasteiger partial charge in [-0.25, -0.2) is 0 Å². The summed E-state index contributed by atoms with van der Waals surface area (Å²) >= 11 is 0. The molecule has 0 aromatic heterocycles. The number of hydrogen-bond donors (Lipinski definition) is 0. The van der Waals surface area contributed by atoms with E-state index in [1.54, 1.807) is 0 Å². The average molecular weight is 172 g/mol. The molecule has 1 atom stereocenters. The molecule has 0 saturated heterocycles. The topological polar surface area (TPSA) is 35.5 Å². The molecule has 3 nitrogen and oxygen atoms in total. The van der Waals surface area contributed by atoms with E-state index in [9.17, 15) is 4.79 Å². The minimum Gasteiger partial charge on any atom is -0.469 e. The summed E-state index contributed by atoms with van der Waals surface area (Å²) in [5.74, 6) is -0.233. The molecule has 0 radical (unpaired) electrons. The Labute approximate surface area is 73.4 Å². The van der Waals surface area contributed by atoms with Crippen molar-refractivity contribution in [2.24, 2.45) is 0 Å². The Morgan fingerprint density at radius 1 is 1.58 bits per heavy atom. The lowest BCUT2D eigenvalue weighted by molar-refractivity contribution is -0.143. The second kappa shape index (κ2) is 6.85. The van der Waals surface area contributed by atoms with Gasteiger partial charge in [0.15, 0.2) is 0 Å². The Bertz CT molecular complexity index is 152. The fourth-order valence-electron chi connectivity index (χ4n) is 0.693. The van der Waals surface area contributed by atoms with E-state index in [0.717, 1.165) is 0 Å². The summed E-state index contributed by atoms with van der Waals surface area (Å²) < 4.78 is 9.76. The van der Waals surface area contributed by atoms with Crippen molar-refractivity contribution in [1.29, 1.82) is 0 Å². The van der Waals surface area contributed by atoms with Crippen molar-refractivity contribution in [3.8, 4) is 0 Å². The number of methoxy groups -OCH3 is 1. The quantitative estimate of drug-likeness (QED) is 0.466. The Balaban J connectivity index is 3.45. The third kappa shape index (κ3) is 5.92. The predicted molar refractivity (Wildman–Crippen MR) is 46.9 cm³/mol. The molecule has 0 spiro atoms. The molecule has 0 aliphatic heterocycles. The van der Waals surface area contributed by atoms with Crippen molar-refractivity contribution < 1.29 is 14.3 Å². The fourth-order valence-corrected chi connectivity index (χ4v) is 0.693. The molecule has 0 fully saturated rings. The molecular formula is C9H16O3. The van der Waals surface area contributed by atoms with Crippen molar-refractivity contribution in [2.75, 3.05) is 13.7 Å². The minimum absolute atomic E-state index is 0.0753. The van der Waals surface area contributed by atoms with Crippen LogP contribution in [0, 0.1) is 0 Å². The summed E-state index contributed by atoms with van der Waals surface area (Å²) in [6, 6.07) is 0. The van der Waals surface area contributed by atoms with Crippen LogP contribution in [0.1, 0.15) is 20.3 Å². The predicted octanol–water partition coefficient (Wildman–Crippen LogP) is 1.53. The standard InChI is InChI=1S/C9H16O3/c1-4-5-6-12-8(2)7-9(10)11-3/h4-5,8H,6-7H2,1-3H3. The zero-order valence-corrected chi connectivity index (χ0v) is 7.87. The number of carbonyl (C=O) groups excluding carboxylic acids is 1.